The summed E-state index contributed by atoms with van der Waals surface area (Å²) in [4.78, 5) is 37.4. The molecule has 1 aromatic heterocycles. The van der Waals surface area contributed by atoms with Crippen molar-refractivity contribution >= 4 is 34.1 Å². The molecule has 1 aromatic carbocycles. The lowest BCUT2D eigenvalue weighted by molar-refractivity contribution is -0.147. The van der Waals surface area contributed by atoms with Gasteiger partial charge in [0.25, 0.3) is 5.91 Å². The van der Waals surface area contributed by atoms with Gasteiger partial charge in [0.15, 0.2) is 0 Å². The number of hydrogen-bond donors (Lipinski definition) is 3. The van der Waals surface area contributed by atoms with E-state index in [-0.39, 0.29) is 11.5 Å². The second-order valence-electron chi connectivity index (χ2n) is 7.29. The van der Waals surface area contributed by atoms with Crippen LogP contribution in [0.5, 0.6) is 0 Å². The smallest absolute Gasteiger partial charge is 0.307 e. The van der Waals surface area contributed by atoms with E-state index in [4.69, 9.17) is 5.73 Å². The number of amides is 2. The standard InChI is InChI=1S/C21H24N2O4S/c1-11-7-9-13(10-8-11)16-12(2)28-20(17(16)18(22)24)23-19(25)14-5-3-4-6-15(14)21(26)27/h7-10,14-15H,3-6H2,1-2H3,(H2,22,24)(H,23,25)(H,26,27)/t14-,15-/m0/s1. The van der Waals surface area contributed by atoms with Gasteiger partial charge in [0.1, 0.15) is 5.00 Å². The number of nitrogens with two attached hydrogens (primary N) is 1. The van der Waals surface area contributed by atoms with Crippen molar-refractivity contribution in [2.45, 2.75) is 39.5 Å². The Bertz CT molecular complexity index is 917. The molecule has 2 atom stereocenters. The van der Waals surface area contributed by atoms with Crippen molar-refractivity contribution in [2.24, 2.45) is 17.6 Å². The van der Waals surface area contributed by atoms with Crippen LogP contribution in [0.3, 0.4) is 0 Å². The normalized spacial score (nSPS) is 19.2. The first-order valence-electron chi connectivity index (χ1n) is 9.33. The monoisotopic (exact) mass is 400 g/mol. The molecule has 2 aromatic rings. The van der Waals surface area contributed by atoms with Crippen molar-refractivity contribution in [2.75, 3.05) is 5.32 Å². The zero-order valence-electron chi connectivity index (χ0n) is 16.0. The molecule has 7 heteroatoms. The Morgan fingerprint density at radius 3 is 2.25 bits per heavy atom. The van der Waals surface area contributed by atoms with Crippen LogP contribution in [0.1, 0.15) is 46.5 Å². The lowest BCUT2D eigenvalue weighted by Crippen LogP contribution is -2.36. The number of primary amides is 1. The Labute approximate surface area is 167 Å². The summed E-state index contributed by atoms with van der Waals surface area (Å²) in [5.74, 6) is -3.21. The van der Waals surface area contributed by atoms with Gasteiger partial charge >= 0.3 is 5.97 Å². The highest BCUT2D eigenvalue weighted by Gasteiger charge is 2.36. The third-order valence-corrected chi connectivity index (χ3v) is 6.35. The minimum Gasteiger partial charge on any atom is -0.481 e. The molecule has 28 heavy (non-hydrogen) atoms. The van der Waals surface area contributed by atoms with Gasteiger partial charge in [-0.05, 0) is 32.3 Å². The highest BCUT2D eigenvalue weighted by atomic mass is 32.1. The molecule has 2 amide bonds. The van der Waals surface area contributed by atoms with Gasteiger partial charge in [0.05, 0.1) is 17.4 Å². The van der Waals surface area contributed by atoms with Gasteiger partial charge in [0, 0.05) is 10.4 Å². The number of benzene rings is 1. The first kappa shape index (κ1) is 20.1. The van der Waals surface area contributed by atoms with Crippen molar-refractivity contribution in [3.63, 3.8) is 0 Å². The Morgan fingerprint density at radius 1 is 1.07 bits per heavy atom. The summed E-state index contributed by atoms with van der Waals surface area (Å²) in [6.07, 6.45) is 2.66. The Kier molecular flexibility index (Phi) is 5.84. The SMILES string of the molecule is Cc1ccc(-c2c(C)sc(NC(=O)[C@H]3CCCC[C@@H]3C(=O)O)c2C(N)=O)cc1. The molecular formula is C21H24N2O4S. The fourth-order valence-corrected chi connectivity index (χ4v) is 4.97. The number of carbonyl (C=O) groups excluding carboxylic acids is 2. The molecule has 148 valence electrons. The van der Waals surface area contributed by atoms with Crippen LogP contribution in [0.2, 0.25) is 0 Å². The van der Waals surface area contributed by atoms with E-state index in [1.807, 2.05) is 38.1 Å². The molecule has 1 aliphatic rings. The van der Waals surface area contributed by atoms with Crippen LogP contribution < -0.4 is 11.1 Å². The topological polar surface area (TPSA) is 109 Å². The lowest BCUT2D eigenvalue weighted by Gasteiger charge is -2.27. The maximum Gasteiger partial charge on any atom is 0.307 e. The van der Waals surface area contributed by atoms with Crippen molar-refractivity contribution in [1.29, 1.82) is 0 Å². The number of aliphatic carboxylic acids is 1. The number of thiophene rings is 1. The van der Waals surface area contributed by atoms with E-state index >= 15 is 0 Å². The Balaban J connectivity index is 1.95. The second kappa shape index (κ2) is 8.14. The zero-order valence-corrected chi connectivity index (χ0v) is 16.8. The van der Waals surface area contributed by atoms with Crippen molar-refractivity contribution in [1.82, 2.24) is 0 Å². The molecule has 0 aliphatic heterocycles. The molecule has 0 saturated heterocycles. The minimum absolute atomic E-state index is 0.280. The van der Waals surface area contributed by atoms with Gasteiger partial charge in [-0.15, -0.1) is 11.3 Å². The first-order chi connectivity index (χ1) is 13.3. The van der Waals surface area contributed by atoms with Crippen LogP contribution in [0.4, 0.5) is 5.00 Å². The van der Waals surface area contributed by atoms with Gasteiger partial charge in [0.2, 0.25) is 5.91 Å². The number of carboxylic acids is 1. The molecule has 0 spiro atoms. The number of rotatable bonds is 5. The summed E-state index contributed by atoms with van der Waals surface area (Å²) in [7, 11) is 0. The molecule has 1 saturated carbocycles. The van der Waals surface area contributed by atoms with Crippen LogP contribution in [0.25, 0.3) is 11.1 Å². The van der Waals surface area contributed by atoms with E-state index in [1.54, 1.807) is 0 Å². The summed E-state index contributed by atoms with van der Waals surface area (Å²) in [5.41, 5.74) is 8.60. The van der Waals surface area contributed by atoms with Crippen molar-refractivity contribution in [3.05, 3.63) is 40.3 Å². The molecule has 3 rings (SSSR count). The van der Waals surface area contributed by atoms with E-state index < -0.39 is 23.7 Å². The van der Waals surface area contributed by atoms with Gasteiger partial charge < -0.3 is 16.2 Å². The number of carbonyl (C=O) groups is 3. The highest BCUT2D eigenvalue weighted by Crippen LogP contribution is 2.40. The predicted molar refractivity (Wildman–Crippen MR) is 109 cm³/mol. The highest BCUT2D eigenvalue weighted by molar-refractivity contribution is 7.17. The first-order valence-corrected chi connectivity index (χ1v) is 10.1. The number of hydrogen-bond acceptors (Lipinski definition) is 4. The van der Waals surface area contributed by atoms with Crippen LogP contribution in [-0.2, 0) is 9.59 Å². The average molecular weight is 401 g/mol. The van der Waals surface area contributed by atoms with E-state index in [0.29, 0.717) is 23.4 Å². The molecule has 4 N–H and O–H groups in total. The number of anilines is 1. The molecular weight excluding hydrogens is 376 g/mol. The summed E-state index contributed by atoms with van der Waals surface area (Å²) in [5, 5.41) is 12.6. The fourth-order valence-electron chi connectivity index (χ4n) is 3.88. The molecule has 0 radical (unpaired) electrons. The van der Waals surface area contributed by atoms with Gasteiger partial charge in [-0.25, -0.2) is 0 Å². The molecule has 1 aliphatic carbocycles. The quantitative estimate of drug-likeness (QED) is 0.705. The largest absolute Gasteiger partial charge is 0.481 e. The van der Waals surface area contributed by atoms with Crippen LogP contribution in [0.15, 0.2) is 24.3 Å². The minimum atomic E-state index is -0.947. The molecule has 1 fully saturated rings. The van der Waals surface area contributed by atoms with Crippen LogP contribution in [-0.4, -0.2) is 22.9 Å². The summed E-state index contributed by atoms with van der Waals surface area (Å²) >= 11 is 1.29. The summed E-state index contributed by atoms with van der Waals surface area (Å²) in [6, 6.07) is 7.75. The maximum atomic E-state index is 12.8. The maximum absolute atomic E-state index is 12.8. The predicted octanol–water partition coefficient (Wildman–Crippen LogP) is 3.96. The zero-order chi connectivity index (χ0) is 20.4. The van der Waals surface area contributed by atoms with E-state index in [0.717, 1.165) is 28.8 Å². The van der Waals surface area contributed by atoms with Gasteiger partial charge in [-0.3, -0.25) is 14.4 Å². The van der Waals surface area contributed by atoms with E-state index in [9.17, 15) is 19.5 Å². The average Bonchev–Trinajstić information content (AvgIpc) is 2.98. The third kappa shape index (κ3) is 3.94. The molecule has 0 unspecified atom stereocenters. The molecule has 1 heterocycles. The fraction of sp³-hybridized carbons (Fsp3) is 0.381. The number of nitrogens with one attached hydrogen (secondary N) is 1. The lowest BCUT2D eigenvalue weighted by atomic mass is 9.78. The van der Waals surface area contributed by atoms with E-state index in [1.165, 1.54) is 11.3 Å². The second-order valence-corrected chi connectivity index (χ2v) is 8.52. The summed E-state index contributed by atoms with van der Waals surface area (Å²) in [6.45, 7) is 3.86. The molecule has 6 nitrogen and oxygen atoms in total. The Hall–Kier alpha value is -2.67. The number of carboxylic acid groups (broad SMARTS) is 1. The van der Waals surface area contributed by atoms with Crippen LogP contribution in [0, 0.1) is 25.7 Å². The van der Waals surface area contributed by atoms with Crippen LogP contribution >= 0.6 is 11.3 Å². The van der Waals surface area contributed by atoms with Crippen molar-refractivity contribution < 1.29 is 19.5 Å². The van der Waals surface area contributed by atoms with Crippen molar-refractivity contribution in [3.8, 4) is 11.1 Å². The summed E-state index contributed by atoms with van der Waals surface area (Å²) < 4.78 is 0. The molecule has 0 bridgehead atoms. The van der Waals surface area contributed by atoms with Gasteiger partial charge in [-0.2, -0.15) is 0 Å². The van der Waals surface area contributed by atoms with Gasteiger partial charge in [-0.1, -0.05) is 42.7 Å². The number of aryl methyl sites for hydroxylation is 2. The third-order valence-electron chi connectivity index (χ3n) is 5.33. The Morgan fingerprint density at radius 2 is 1.68 bits per heavy atom. The van der Waals surface area contributed by atoms with E-state index in [2.05, 4.69) is 5.32 Å².